The van der Waals surface area contributed by atoms with Crippen molar-refractivity contribution >= 4 is 41.1 Å². The monoisotopic (exact) mass is 580 g/mol. The lowest BCUT2D eigenvalue weighted by atomic mass is 10.1. The molecular formula is C29H22Cl2N2O7. The fraction of sp³-hybridized carbons (Fsp3) is 0.172. The number of hydrogen-bond acceptors (Lipinski definition) is 8. The van der Waals surface area contributed by atoms with Gasteiger partial charge >= 0.3 is 17.9 Å². The minimum Gasteiger partial charge on any atom is -0.459 e. The van der Waals surface area contributed by atoms with E-state index in [-0.39, 0.29) is 28.0 Å². The van der Waals surface area contributed by atoms with Gasteiger partial charge in [0.05, 0.1) is 23.0 Å². The Morgan fingerprint density at radius 3 is 1.68 bits per heavy atom. The van der Waals surface area contributed by atoms with Crippen molar-refractivity contribution in [2.24, 2.45) is 0 Å². The van der Waals surface area contributed by atoms with E-state index < -0.39 is 42.4 Å². The second kappa shape index (κ2) is 12.3. The summed E-state index contributed by atoms with van der Waals surface area (Å²) in [5.41, 5.74) is 0.859. The maximum atomic E-state index is 13.1. The van der Waals surface area contributed by atoms with Gasteiger partial charge in [0.2, 0.25) is 0 Å². The molecule has 1 aromatic heterocycles. The summed E-state index contributed by atoms with van der Waals surface area (Å²) in [6.45, 7) is -0.323. The van der Waals surface area contributed by atoms with Crippen LogP contribution >= 0.6 is 23.2 Å². The summed E-state index contributed by atoms with van der Waals surface area (Å²) in [6.07, 6.45) is -3.27. The number of aromatic nitrogens is 2. The number of carbonyl (C=O) groups is 3. The van der Waals surface area contributed by atoms with Crippen LogP contribution in [-0.4, -0.2) is 52.4 Å². The molecular weight excluding hydrogens is 559 g/mol. The van der Waals surface area contributed by atoms with Gasteiger partial charge in [-0.15, -0.1) is 0 Å². The highest BCUT2D eigenvalue weighted by atomic mass is 35.5. The largest absolute Gasteiger partial charge is 0.459 e. The van der Waals surface area contributed by atoms with Crippen molar-refractivity contribution in [3.05, 3.63) is 124 Å². The predicted octanol–water partition coefficient (Wildman–Crippen LogP) is 5.40. The average molecular weight is 581 g/mol. The summed E-state index contributed by atoms with van der Waals surface area (Å²) < 4.78 is 24.8. The van der Waals surface area contributed by atoms with Gasteiger partial charge in [-0.05, 0) is 36.4 Å². The first-order valence-corrected chi connectivity index (χ1v) is 13.0. The number of halogens is 2. The quantitative estimate of drug-likeness (QED) is 0.201. The first-order chi connectivity index (χ1) is 19.4. The van der Waals surface area contributed by atoms with Crippen molar-refractivity contribution in [3.8, 4) is 0 Å². The molecule has 204 valence electrons. The van der Waals surface area contributed by atoms with Gasteiger partial charge in [-0.3, -0.25) is 4.57 Å². The Balaban J connectivity index is 1.47. The van der Waals surface area contributed by atoms with E-state index in [0.717, 1.165) is 0 Å². The number of rotatable bonds is 8. The highest BCUT2D eigenvalue weighted by Gasteiger charge is 2.52. The van der Waals surface area contributed by atoms with Gasteiger partial charge in [0.15, 0.2) is 23.6 Å². The minimum atomic E-state index is -1.22. The zero-order valence-electron chi connectivity index (χ0n) is 20.8. The summed E-state index contributed by atoms with van der Waals surface area (Å²) in [7, 11) is 0. The Hall–Kier alpha value is -4.18. The number of imidazole rings is 1. The van der Waals surface area contributed by atoms with Crippen molar-refractivity contribution in [2.45, 2.75) is 24.5 Å². The molecule has 0 spiro atoms. The summed E-state index contributed by atoms with van der Waals surface area (Å²) in [4.78, 5) is 42.9. The van der Waals surface area contributed by atoms with Gasteiger partial charge in [0, 0.05) is 0 Å². The lowest BCUT2D eigenvalue weighted by Crippen LogP contribution is -2.41. The van der Waals surface area contributed by atoms with E-state index >= 15 is 0 Å². The minimum absolute atomic E-state index is 0.00446. The zero-order valence-corrected chi connectivity index (χ0v) is 22.3. The van der Waals surface area contributed by atoms with Crippen molar-refractivity contribution in [1.29, 1.82) is 0 Å². The van der Waals surface area contributed by atoms with Crippen LogP contribution in [0.25, 0.3) is 0 Å². The van der Waals surface area contributed by atoms with Crippen LogP contribution in [0.3, 0.4) is 0 Å². The fourth-order valence-corrected chi connectivity index (χ4v) is 4.51. The molecule has 0 bridgehead atoms. The Morgan fingerprint density at radius 1 is 0.725 bits per heavy atom. The van der Waals surface area contributed by atoms with E-state index in [4.69, 9.17) is 42.1 Å². The molecule has 9 nitrogen and oxygen atoms in total. The summed E-state index contributed by atoms with van der Waals surface area (Å²) >= 11 is 12.5. The summed E-state index contributed by atoms with van der Waals surface area (Å²) in [5, 5.41) is 0.0117. The third-order valence-electron chi connectivity index (χ3n) is 6.15. The summed E-state index contributed by atoms with van der Waals surface area (Å²) in [6, 6.07) is 25.0. The number of nitrogens with zero attached hydrogens (tertiary/aromatic N) is 2. The third-order valence-corrected chi connectivity index (χ3v) is 6.89. The van der Waals surface area contributed by atoms with E-state index in [1.54, 1.807) is 91.0 Å². The lowest BCUT2D eigenvalue weighted by Gasteiger charge is -2.25. The Morgan fingerprint density at radius 2 is 1.20 bits per heavy atom. The van der Waals surface area contributed by atoms with E-state index in [1.807, 2.05) is 0 Å². The molecule has 4 atom stereocenters. The second-order valence-corrected chi connectivity index (χ2v) is 9.45. The van der Waals surface area contributed by atoms with E-state index in [9.17, 15) is 14.4 Å². The maximum Gasteiger partial charge on any atom is 0.338 e. The van der Waals surface area contributed by atoms with Gasteiger partial charge in [0.1, 0.15) is 17.9 Å². The molecule has 1 saturated heterocycles. The number of carbonyl (C=O) groups excluding carboxylic acids is 3. The molecule has 3 aromatic carbocycles. The van der Waals surface area contributed by atoms with Gasteiger partial charge in [-0.1, -0.05) is 77.8 Å². The number of benzene rings is 3. The Kier molecular flexibility index (Phi) is 8.45. The van der Waals surface area contributed by atoms with Crippen LogP contribution in [0.2, 0.25) is 10.3 Å². The van der Waals surface area contributed by atoms with Crippen LogP contribution in [0.5, 0.6) is 0 Å². The van der Waals surface area contributed by atoms with Crippen molar-refractivity contribution in [2.75, 3.05) is 6.61 Å². The molecule has 1 aliphatic rings. The van der Waals surface area contributed by atoms with Crippen LogP contribution in [0.1, 0.15) is 37.3 Å². The van der Waals surface area contributed by atoms with E-state index in [0.29, 0.717) is 5.56 Å². The van der Waals surface area contributed by atoms with Gasteiger partial charge in [-0.25, -0.2) is 19.4 Å². The molecule has 0 saturated carbocycles. The van der Waals surface area contributed by atoms with E-state index in [2.05, 4.69) is 4.98 Å². The molecule has 5 rings (SSSR count). The Bertz CT molecular complexity index is 1480. The molecule has 0 unspecified atom stereocenters. The number of ether oxygens (including phenoxy) is 4. The Labute approximate surface area is 239 Å². The van der Waals surface area contributed by atoms with Crippen molar-refractivity contribution in [1.82, 2.24) is 9.55 Å². The molecule has 1 fully saturated rings. The van der Waals surface area contributed by atoms with Gasteiger partial charge in [-0.2, -0.15) is 0 Å². The van der Waals surface area contributed by atoms with Crippen LogP contribution in [-0.2, 0) is 18.9 Å². The van der Waals surface area contributed by atoms with Crippen molar-refractivity contribution in [3.63, 3.8) is 0 Å². The van der Waals surface area contributed by atoms with Crippen molar-refractivity contribution < 1.29 is 33.3 Å². The molecule has 4 aromatic rings. The zero-order chi connectivity index (χ0) is 28.1. The lowest BCUT2D eigenvalue weighted by molar-refractivity contribution is -0.0619. The molecule has 0 aliphatic carbocycles. The molecule has 40 heavy (non-hydrogen) atoms. The first-order valence-electron chi connectivity index (χ1n) is 12.2. The predicted molar refractivity (Wildman–Crippen MR) is 144 cm³/mol. The third kappa shape index (κ3) is 6.02. The van der Waals surface area contributed by atoms with Crippen LogP contribution in [0.15, 0.2) is 97.3 Å². The smallest absolute Gasteiger partial charge is 0.338 e. The molecule has 0 radical (unpaired) electrons. The first kappa shape index (κ1) is 27.4. The van der Waals surface area contributed by atoms with Crippen LogP contribution in [0.4, 0.5) is 0 Å². The number of esters is 3. The normalized spacial score (nSPS) is 20.1. The second-order valence-electron chi connectivity index (χ2n) is 8.73. The topological polar surface area (TPSA) is 106 Å². The molecule has 0 N–H and O–H groups in total. The molecule has 11 heteroatoms. The fourth-order valence-electron chi connectivity index (χ4n) is 4.18. The van der Waals surface area contributed by atoms with Gasteiger partial charge in [0.25, 0.3) is 0 Å². The molecule has 2 heterocycles. The van der Waals surface area contributed by atoms with E-state index in [1.165, 1.54) is 10.9 Å². The highest BCUT2D eigenvalue weighted by molar-refractivity contribution is 6.40. The SMILES string of the molecule is O=C(OC[C@H]1O[C@@H](n2cnc(Cl)c2Cl)[C@H](OC(=O)c2ccccc2)[C@@H]1OC(=O)c1ccccc1)c1ccccc1. The van der Waals surface area contributed by atoms with Crippen LogP contribution in [0, 0.1) is 0 Å². The number of hydrogen-bond donors (Lipinski definition) is 0. The molecule has 0 amide bonds. The summed E-state index contributed by atoms with van der Waals surface area (Å²) in [5.74, 6) is -1.99. The van der Waals surface area contributed by atoms with Crippen LogP contribution < -0.4 is 0 Å². The highest BCUT2D eigenvalue weighted by Crippen LogP contribution is 2.38. The standard InChI is InChI=1S/C29H22Cl2N2O7/c30-24-25(31)33(17-32-24)26-23(40-29(36)20-14-8-3-9-15-20)22(39-28(35)19-12-6-2-7-13-19)21(38-26)16-37-27(34)18-10-4-1-5-11-18/h1-15,17,21-23,26H,16H2/t21-,22-,23-,26-/m1/s1. The van der Waals surface area contributed by atoms with Gasteiger partial charge < -0.3 is 18.9 Å². The molecule has 1 aliphatic heterocycles. The maximum absolute atomic E-state index is 13.1. The average Bonchev–Trinajstić information content (AvgIpc) is 3.50.